The summed E-state index contributed by atoms with van der Waals surface area (Å²) < 4.78 is 0. The topological polar surface area (TPSA) is 44.0 Å². The number of hydrogen-bond acceptors (Lipinski definition) is 2. The molecule has 23 heavy (non-hydrogen) atoms. The lowest BCUT2D eigenvalue weighted by Gasteiger charge is -2.54. The van der Waals surface area contributed by atoms with Crippen molar-refractivity contribution in [2.24, 2.45) is 34.5 Å². The summed E-state index contributed by atoms with van der Waals surface area (Å²) in [6.07, 6.45) is 12.0. The van der Waals surface area contributed by atoms with Gasteiger partial charge in [0.15, 0.2) is 0 Å². The van der Waals surface area contributed by atoms with Crippen molar-refractivity contribution in [1.29, 1.82) is 5.26 Å². The lowest BCUT2D eigenvalue weighted by atomic mass is 9.51. The van der Waals surface area contributed by atoms with Crippen LogP contribution in [0, 0.1) is 45.8 Å². The van der Waals surface area contributed by atoms with Crippen LogP contribution in [0.5, 0.6) is 0 Å². The Hall–Kier alpha value is -0.550. The molecule has 0 aromatic carbocycles. The highest BCUT2D eigenvalue weighted by Gasteiger charge is 2.49. The highest BCUT2D eigenvalue weighted by Crippen LogP contribution is 2.57. The Morgan fingerprint density at radius 2 is 1.91 bits per heavy atom. The number of aliphatic hydroxyl groups excluding tert-OH is 1. The summed E-state index contributed by atoms with van der Waals surface area (Å²) in [6.45, 7) is 7.41. The first-order chi connectivity index (χ1) is 10.9. The van der Waals surface area contributed by atoms with Crippen LogP contribution in [-0.2, 0) is 0 Å². The maximum Gasteiger partial charge on any atom is 0.0655 e. The van der Waals surface area contributed by atoms with Gasteiger partial charge >= 0.3 is 0 Å². The zero-order valence-corrected chi connectivity index (χ0v) is 15.4. The number of aliphatic hydroxyl groups is 1. The van der Waals surface area contributed by atoms with E-state index in [0.29, 0.717) is 16.7 Å². The first-order valence-corrected chi connectivity index (χ1v) is 9.94. The molecule has 0 saturated heterocycles. The summed E-state index contributed by atoms with van der Waals surface area (Å²) in [5.41, 5.74) is 0.845. The Labute approximate surface area is 142 Å². The van der Waals surface area contributed by atoms with Gasteiger partial charge in [-0.05, 0) is 86.4 Å². The van der Waals surface area contributed by atoms with Gasteiger partial charge in [0.1, 0.15) is 0 Å². The van der Waals surface area contributed by atoms with Gasteiger partial charge < -0.3 is 5.11 Å². The van der Waals surface area contributed by atoms with Gasteiger partial charge in [-0.25, -0.2) is 0 Å². The fourth-order valence-electron chi connectivity index (χ4n) is 6.43. The Bertz CT molecular complexity index is 469. The molecule has 0 amide bonds. The maximum absolute atomic E-state index is 10.1. The molecule has 2 nitrogen and oxygen atoms in total. The molecule has 3 rings (SSSR count). The second-order valence-electron chi connectivity index (χ2n) is 9.71. The summed E-state index contributed by atoms with van der Waals surface area (Å²) >= 11 is 0. The third kappa shape index (κ3) is 3.32. The van der Waals surface area contributed by atoms with Crippen molar-refractivity contribution in [1.82, 2.24) is 0 Å². The molecule has 3 fully saturated rings. The molecule has 2 heteroatoms. The minimum atomic E-state index is -0.0501. The van der Waals surface area contributed by atoms with E-state index in [4.69, 9.17) is 0 Å². The SMILES string of the molecule is C[C@H]1CC[C@@H]2C[C@@H](O)CC[C@@]2(C)[C@@H]1CC[C@]1(C)CC[C@@H](C#N)C1. The van der Waals surface area contributed by atoms with Gasteiger partial charge in [-0.1, -0.05) is 27.2 Å². The van der Waals surface area contributed by atoms with E-state index in [9.17, 15) is 10.4 Å². The maximum atomic E-state index is 10.1. The minimum Gasteiger partial charge on any atom is -0.393 e. The molecule has 0 heterocycles. The number of nitriles is 1. The van der Waals surface area contributed by atoms with Gasteiger partial charge in [0.2, 0.25) is 0 Å². The predicted octanol–water partition coefficient (Wildman–Crippen LogP) is 5.31. The van der Waals surface area contributed by atoms with E-state index >= 15 is 0 Å². The van der Waals surface area contributed by atoms with E-state index in [2.05, 4.69) is 26.8 Å². The monoisotopic (exact) mass is 317 g/mol. The predicted molar refractivity (Wildman–Crippen MR) is 93.6 cm³/mol. The Morgan fingerprint density at radius 1 is 1.13 bits per heavy atom. The standard InChI is InChI=1S/C21H35NO/c1-15-4-5-17-12-18(23)7-11-21(17,3)19(15)8-10-20(2)9-6-16(13-20)14-22/h15-19,23H,4-13H2,1-3H3/t15-,16+,17+,18-,19+,20-,21+/m0/s1. The van der Waals surface area contributed by atoms with E-state index in [1.54, 1.807) is 0 Å². The lowest BCUT2D eigenvalue weighted by molar-refractivity contribution is -0.0733. The number of nitrogens with zero attached hydrogens (tertiary/aromatic N) is 1. The van der Waals surface area contributed by atoms with Gasteiger partial charge in [-0.2, -0.15) is 5.26 Å². The van der Waals surface area contributed by atoms with Crippen LogP contribution in [-0.4, -0.2) is 11.2 Å². The average Bonchev–Trinajstić information content (AvgIpc) is 2.89. The van der Waals surface area contributed by atoms with Gasteiger partial charge in [0.25, 0.3) is 0 Å². The zero-order chi connectivity index (χ0) is 16.7. The normalized spacial score (nSPS) is 50.3. The fraction of sp³-hybridized carbons (Fsp3) is 0.952. The molecular weight excluding hydrogens is 282 g/mol. The van der Waals surface area contributed by atoms with Crippen LogP contribution in [0.15, 0.2) is 0 Å². The van der Waals surface area contributed by atoms with Crippen LogP contribution in [0.4, 0.5) is 0 Å². The Morgan fingerprint density at radius 3 is 2.61 bits per heavy atom. The van der Waals surface area contributed by atoms with Crippen molar-refractivity contribution < 1.29 is 5.11 Å². The third-order valence-electron chi connectivity index (χ3n) is 8.09. The van der Waals surface area contributed by atoms with Gasteiger partial charge in [0, 0.05) is 5.92 Å². The van der Waals surface area contributed by atoms with Crippen LogP contribution in [0.25, 0.3) is 0 Å². The molecule has 0 aliphatic heterocycles. The summed E-state index contributed by atoms with van der Waals surface area (Å²) in [7, 11) is 0. The van der Waals surface area contributed by atoms with Crippen molar-refractivity contribution in [3.63, 3.8) is 0 Å². The van der Waals surface area contributed by atoms with Crippen molar-refractivity contribution in [2.45, 2.75) is 91.1 Å². The molecule has 130 valence electrons. The van der Waals surface area contributed by atoms with Crippen LogP contribution in [0.2, 0.25) is 0 Å². The Kier molecular flexibility index (Phi) is 4.81. The molecule has 1 N–H and O–H groups in total. The molecule has 0 spiro atoms. The van der Waals surface area contributed by atoms with Crippen LogP contribution in [0.3, 0.4) is 0 Å². The van der Waals surface area contributed by atoms with E-state index in [1.165, 1.54) is 38.5 Å². The van der Waals surface area contributed by atoms with Crippen LogP contribution < -0.4 is 0 Å². The third-order valence-corrected chi connectivity index (χ3v) is 8.09. The van der Waals surface area contributed by atoms with Crippen LogP contribution >= 0.6 is 0 Å². The van der Waals surface area contributed by atoms with Gasteiger partial charge in [-0.15, -0.1) is 0 Å². The highest BCUT2D eigenvalue weighted by molar-refractivity contribution is 5.00. The number of fused-ring (bicyclic) bond motifs is 1. The molecule has 3 aliphatic rings. The molecular formula is C21H35NO. The first-order valence-electron chi connectivity index (χ1n) is 9.94. The molecule has 7 atom stereocenters. The largest absolute Gasteiger partial charge is 0.393 e. The van der Waals surface area contributed by atoms with E-state index in [-0.39, 0.29) is 6.10 Å². The average molecular weight is 318 g/mol. The fourth-order valence-corrected chi connectivity index (χ4v) is 6.43. The molecule has 0 aromatic heterocycles. The number of rotatable bonds is 3. The van der Waals surface area contributed by atoms with Crippen LogP contribution in [0.1, 0.15) is 85.0 Å². The molecule has 3 aliphatic carbocycles. The van der Waals surface area contributed by atoms with E-state index in [1.807, 2.05) is 0 Å². The summed E-state index contributed by atoms with van der Waals surface area (Å²) in [5.74, 6) is 2.67. The quantitative estimate of drug-likeness (QED) is 0.766. The number of hydrogen-bond donors (Lipinski definition) is 1. The van der Waals surface area contributed by atoms with Crippen molar-refractivity contribution in [2.75, 3.05) is 0 Å². The second kappa shape index (κ2) is 6.40. The summed E-state index contributed by atoms with van der Waals surface area (Å²) in [5, 5.41) is 19.3. The molecule has 0 bridgehead atoms. The lowest BCUT2D eigenvalue weighted by Crippen LogP contribution is -2.47. The van der Waals surface area contributed by atoms with Gasteiger partial charge in [-0.3, -0.25) is 0 Å². The van der Waals surface area contributed by atoms with Crippen molar-refractivity contribution in [3.8, 4) is 6.07 Å². The van der Waals surface area contributed by atoms with E-state index in [0.717, 1.165) is 43.4 Å². The van der Waals surface area contributed by atoms with E-state index < -0.39 is 0 Å². The zero-order valence-electron chi connectivity index (χ0n) is 15.4. The molecule has 0 radical (unpaired) electrons. The smallest absolute Gasteiger partial charge is 0.0655 e. The Balaban J connectivity index is 1.67. The highest BCUT2D eigenvalue weighted by atomic mass is 16.3. The minimum absolute atomic E-state index is 0.0501. The first kappa shape index (κ1) is 17.3. The van der Waals surface area contributed by atoms with Gasteiger partial charge in [0.05, 0.1) is 12.2 Å². The molecule has 0 aromatic rings. The summed E-state index contributed by atoms with van der Waals surface area (Å²) in [4.78, 5) is 0. The second-order valence-corrected chi connectivity index (χ2v) is 9.71. The molecule has 0 unspecified atom stereocenters. The summed E-state index contributed by atoms with van der Waals surface area (Å²) in [6, 6.07) is 2.50. The van der Waals surface area contributed by atoms with Crippen molar-refractivity contribution in [3.05, 3.63) is 0 Å². The van der Waals surface area contributed by atoms with Crippen molar-refractivity contribution >= 4 is 0 Å². The molecule has 3 saturated carbocycles.